The second-order valence-electron chi connectivity index (χ2n) is 6.99. The summed E-state index contributed by atoms with van der Waals surface area (Å²) < 4.78 is 14.9. The minimum Gasteiger partial charge on any atom is -0.490 e. The van der Waals surface area contributed by atoms with E-state index in [0.29, 0.717) is 25.5 Å². The van der Waals surface area contributed by atoms with E-state index in [1.165, 1.54) is 0 Å². The molecule has 0 aliphatic heterocycles. The molecule has 0 spiro atoms. The molecule has 8 heteroatoms. The molecule has 0 atom stereocenters. The molecule has 0 aliphatic rings. The van der Waals surface area contributed by atoms with Crippen molar-refractivity contribution in [2.45, 2.75) is 20.3 Å². The van der Waals surface area contributed by atoms with Crippen LogP contribution < -0.4 is 9.47 Å². The summed E-state index contributed by atoms with van der Waals surface area (Å²) in [5.74, 6) is 2.18. The second kappa shape index (κ2) is 8.06. The first-order chi connectivity index (χ1) is 15.3. The van der Waals surface area contributed by atoms with E-state index >= 15 is 0 Å². The number of nitrogens with zero attached hydrogens (tertiary/aromatic N) is 6. The minimum atomic E-state index is 0.572. The van der Waals surface area contributed by atoms with Crippen LogP contribution in [0.3, 0.4) is 0 Å². The van der Waals surface area contributed by atoms with Crippen LogP contribution in [0.4, 0.5) is 0 Å². The summed E-state index contributed by atoms with van der Waals surface area (Å²) in [4.78, 5) is 9.32. The van der Waals surface area contributed by atoms with E-state index in [1.807, 2.05) is 67.1 Å². The molecule has 0 fully saturated rings. The van der Waals surface area contributed by atoms with Gasteiger partial charge in [0, 0.05) is 6.42 Å². The third-order valence-electron chi connectivity index (χ3n) is 4.92. The lowest BCUT2D eigenvalue weighted by Crippen LogP contribution is -2.00. The first-order valence-electron chi connectivity index (χ1n) is 10.3. The molecule has 0 saturated carbocycles. The predicted molar refractivity (Wildman–Crippen MR) is 117 cm³/mol. The fourth-order valence-electron chi connectivity index (χ4n) is 3.59. The molecule has 3 aromatic heterocycles. The average Bonchev–Trinajstić information content (AvgIpc) is 3.40. The molecule has 0 radical (unpaired) electrons. The standard InChI is InChI=1S/C23H22N6O2/c1-3-30-19-11-10-16(12-20(19)31-4-2)13-21-26-23-18-14-25-29(17-8-6-5-7-9-17)22(18)24-15-28(23)27-21/h5-12,14-15H,3-4,13H2,1-2H3. The first kappa shape index (κ1) is 19.0. The number of rotatable bonds is 7. The van der Waals surface area contributed by atoms with Crippen LogP contribution in [-0.2, 0) is 6.42 Å². The van der Waals surface area contributed by atoms with Crippen LogP contribution in [0.15, 0.2) is 61.1 Å². The van der Waals surface area contributed by atoms with Crippen LogP contribution in [0.1, 0.15) is 25.2 Å². The van der Waals surface area contributed by atoms with Crippen LogP contribution in [0.2, 0.25) is 0 Å². The number of hydrogen-bond acceptors (Lipinski definition) is 6. The van der Waals surface area contributed by atoms with Gasteiger partial charge in [-0.25, -0.2) is 19.2 Å². The van der Waals surface area contributed by atoms with Gasteiger partial charge in [0.25, 0.3) is 0 Å². The van der Waals surface area contributed by atoms with Crippen molar-refractivity contribution >= 4 is 16.7 Å². The van der Waals surface area contributed by atoms with Gasteiger partial charge in [0.2, 0.25) is 0 Å². The maximum Gasteiger partial charge on any atom is 0.170 e. The normalized spacial score (nSPS) is 11.3. The van der Waals surface area contributed by atoms with E-state index in [9.17, 15) is 0 Å². The Hall–Kier alpha value is -3.94. The molecule has 156 valence electrons. The van der Waals surface area contributed by atoms with E-state index in [2.05, 4.69) is 15.2 Å². The Labute approximate surface area is 179 Å². The summed E-state index contributed by atoms with van der Waals surface area (Å²) in [5.41, 5.74) is 3.48. The highest BCUT2D eigenvalue weighted by molar-refractivity contribution is 5.89. The van der Waals surface area contributed by atoms with Gasteiger partial charge in [0.1, 0.15) is 6.33 Å². The second-order valence-corrected chi connectivity index (χ2v) is 6.99. The van der Waals surface area contributed by atoms with Crippen molar-refractivity contribution in [3.63, 3.8) is 0 Å². The average molecular weight is 414 g/mol. The monoisotopic (exact) mass is 414 g/mol. The molecule has 0 aliphatic carbocycles. The molecule has 2 aromatic carbocycles. The quantitative estimate of drug-likeness (QED) is 0.402. The van der Waals surface area contributed by atoms with Crippen molar-refractivity contribution in [3.8, 4) is 17.2 Å². The van der Waals surface area contributed by atoms with Crippen LogP contribution in [0, 0.1) is 0 Å². The largest absolute Gasteiger partial charge is 0.490 e. The van der Waals surface area contributed by atoms with Gasteiger partial charge < -0.3 is 9.47 Å². The van der Waals surface area contributed by atoms with E-state index < -0.39 is 0 Å². The molecule has 8 nitrogen and oxygen atoms in total. The predicted octanol–water partition coefficient (Wildman–Crippen LogP) is 3.85. The molecular formula is C23H22N6O2. The lowest BCUT2D eigenvalue weighted by Gasteiger charge is -2.11. The summed E-state index contributed by atoms with van der Waals surface area (Å²) in [6, 6.07) is 15.9. The topological polar surface area (TPSA) is 79.4 Å². The number of para-hydroxylation sites is 1. The van der Waals surface area contributed by atoms with Crippen LogP contribution in [0.25, 0.3) is 22.4 Å². The highest BCUT2D eigenvalue weighted by Crippen LogP contribution is 2.29. The minimum absolute atomic E-state index is 0.572. The number of ether oxygens (including phenoxy) is 2. The van der Waals surface area contributed by atoms with Gasteiger partial charge in [-0.05, 0) is 43.7 Å². The van der Waals surface area contributed by atoms with Gasteiger partial charge in [-0.3, -0.25) is 0 Å². The molecule has 3 heterocycles. The van der Waals surface area contributed by atoms with Crippen LogP contribution in [-0.4, -0.2) is 42.6 Å². The van der Waals surface area contributed by atoms with E-state index in [4.69, 9.17) is 14.5 Å². The Balaban J connectivity index is 1.50. The molecule has 0 saturated heterocycles. The molecule has 5 rings (SSSR count). The zero-order valence-electron chi connectivity index (χ0n) is 17.4. The maximum atomic E-state index is 5.74. The Morgan fingerprint density at radius 2 is 1.71 bits per heavy atom. The summed E-state index contributed by atoms with van der Waals surface area (Å²) in [6.07, 6.45) is 4.04. The van der Waals surface area contributed by atoms with Crippen LogP contribution in [0.5, 0.6) is 11.5 Å². The zero-order valence-corrected chi connectivity index (χ0v) is 17.4. The van der Waals surface area contributed by atoms with Crippen molar-refractivity contribution in [1.82, 2.24) is 29.4 Å². The zero-order chi connectivity index (χ0) is 21.2. The van der Waals surface area contributed by atoms with Crippen molar-refractivity contribution in [1.29, 1.82) is 0 Å². The molecule has 5 aromatic rings. The highest BCUT2D eigenvalue weighted by atomic mass is 16.5. The summed E-state index contributed by atoms with van der Waals surface area (Å²) in [6.45, 7) is 5.08. The maximum absolute atomic E-state index is 5.74. The number of aromatic nitrogens is 6. The number of benzene rings is 2. The van der Waals surface area contributed by atoms with Crippen molar-refractivity contribution in [2.24, 2.45) is 0 Å². The Morgan fingerprint density at radius 1 is 0.903 bits per heavy atom. The first-order valence-corrected chi connectivity index (χ1v) is 10.3. The molecule has 0 unspecified atom stereocenters. The van der Waals surface area contributed by atoms with Gasteiger partial charge in [0.15, 0.2) is 28.6 Å². The van der Waals surface area contributed by atoms with Crippen molar-refractivity contribution in [3.05, 3.63) is 72.4 Å². The van der Waals surface area contributed by atoms with Gasteiger partial charge >= 0.3 is 0 Å². The third-order valence-corrected chi connectivity index (χ3v) is 4.92. The lowest BCUT2D eigenvalue weighted by molar-refractivity contribution is 0.287. The fraction of sp³-hybridized carbons (Fsp3) is 0.217. The molecular weight excluding hydrogens is 392 g/mol. The Bertz CT molecular complexity index is 1340. The third kappa shape index (κ3) is 3.56. The summed E-state index contributed by atoms with van der Waals surface area (Å²) in [5, 5.41) is 9.97. The SMILES string of the molecule is CCOc1ccc(Cc2nc3c4cnn(-c5ccccc5)c4ncn3n2)cc1OCC. The van der Waals surface area contributed by atoms with Gasteiger partial charge in [-0.15, -0.1) is 5.10 Å². The smallest absolute Gasteiger partial charge is 0.170 e. The number of hydrogen-bond donors (Lipinski definition) is 0. The van der Waals surface area contributed by atoms with Crippen molar-refractivity contribution in [2.75, 3.05) is 13.2 Å². The molecule has 0 amide bonds. The molecule has 31 heavy (non-hydrogen) atoms. The lowest BCUT2D eigenvalue weighted by atomic mass is 10.1. The Morgan fingerprint density at radius 3 is 2.52 bits per heavy atom. The van der Waals surface area contributed by atoms with E-state index in [0.717, 1.165) is 39.4 Å². The molecule has 0 N–H and O–H groups in total. The molecule has 0 bridgehead atoms. The number of fused-ring (bicyclic) bond motifs is 3. The van der Waals surface area contributed by atoms with Gasteiger partial charge in [-0.1, -0.05) is 24.3 Å². The summed E-state index contributed by atoms with van der Waals surface area (Å²) in [7, 11) is 0. The van der Waals surface area contributed by atoms with Gasteiger partial charge in [-0.2, -0.15) is 5.10 Å². The van der Waals surface area contributed by atoms with E-state index in [1.54, 1.807) is 17.0 Å². The highest BCUT2D eigenvalue weighted by Gasteiger charge is 2.14. The van der Waals surface area contributed by atoms with Crippen molar-refractivity contribution < 1.29 is 9.47 Å². The Kier molecular flexibility index (Phi) is 4.95. The summed E-state index contributed by atoms with van der Waals surface area (Å²) >= 11 is 0. The van der Waals surface area contributed by atoms with E-state index in [-0.39, 0.29) is 0 Å². The van der Waals surface area contributed by atoms with Gasteiger partial charge in [0.05, 0.1) is 30.5 Å². The fourth-order valence-corrected chi connectivity index (χ4v) is 3.59. The van der Waals surface area contributed by atoms with Crippen LogP contribution >= 0.6 is 0 Å².